The predicted molar refractivity (Wildman–Crippen MR) is 88.3 cm³/mol. The zero-order valence-electron chi connectivity index (χ0n) is 13.2. The second kappa shape index (κ2) is 11.3. The molecule has 0 aliphatic rings. The molecular formula is C18H29NO2. The molecule has 0 saturated carbocycles. The summed E-state index contributed by atoms with van der Waals surface area (Å²) in [6, 6.07) is 9.36. The number of para-hydroxylation sites is 1. The number of unbranched alkanes of at least 4 members (excludes halogenated alkanes) is 6. The van der Waals surface area contributed by atoms with Gasteiger partial charge in [0.2, 0.25) is 5.91 Å². The van der Waals surface area contributed by atoms with Crippen molar-refractivity contribution in [3.8, 4) is 0 Å². The van der Waals surface area contributed by atoms with Gasteiger partial charge in [-0.25, -0.2) is 0 Å². The van der Waals surface area contributed by atoms with Gasteiger partial charge in [-0.05, 0) is 18.6 Å². The van der Waals surface area contributed by atoms with Crippen LogP contribution in [0.1, 0.15) is 64.7 Å². The van der Waals surface area contributed by atoms with E-state index in [1.165, 1.54) is 32.1 Å². The highest BCUT2D eigenvalue weighted by Crippen LogP contribution is 2.12. The fraction of sp³-hybridized carbons (Fsp3) is 0.611. The Hall–Kier alpha value is -1.35. The number of carbonyl (C=O) groups is 1. The van der Waals surface area contributed by atoms with Crippen molar-refractivity contribution in [2.24, 2.45) is 0 Å². The van der Waals surface area contributed by atoms with Gasteiger partial charge in [0.1, 0.15) is 0 Å². The van der Waals surface area contributed by atoms with Gasteiger partial charge in [0.05, 0.1) is 12.5 Å². The van der Waals surface area contributed by atoms with Crippen molar-refractivity contribution in [3.05, 3.63) is 30.3 Å². The first kappa shape index (κ1) is 17.7. The van der Waals surface area contributed by atoms with E-state index in [9.17, 15) is 9.90 Å². The van der Waals surface area contributed by atoms with Crippen molar-refractivity contribution < 1.29 is 9.90 Å². The third-order valence-electron chi connectivity index (χ3n) is 3.62. The summed E-state index contributed by atoms with van der Waals surface area (Å²) in [4.78, 5) is 11.8. The highest BCUT2D eigenvalue weighted by molar-refractivity contribution is 5.90. The summed E-state index contributed by atoms with van der Waals surface area (Å²) < 4.78 is 0. The summed E-state index contributed by atoms with van der Waals surface area (Å²) in [5, 5.41) is 12.7. The molecule has 1 atom stereocenters. The molecule has 0 aliphatic carbocycles. The molecule has 0 saturated heterocycles. The number of nitrogens with one attached hydrogen (secondary N) is 1. The fourth-order valence-electron chi connectivity index (χ4n) is 2.39. The summed E-state index contributed by atoms with van der Waals surface area (Å²) >= 11 is 0. The number of carbonyl (C=O) groups excluding carboxylic acids is 1. The number of hydrogen-bond donors (Lipinski definition) is 2. The predicted octanol–water partition coefficient (Wildman–Crippen LogP) is 4.52. The van der Waals surface area contributed by atoms with Crippen LogP contribution in [0, 0.1) is 0 Å². The Kier molecular flexibility index (Phi) is 9.55. The molecule has 0 bridgehead atoms. The molecule has 0 heterocycles. The van der Waals surface area contributed by atoms with Crippen LogP contribution in [0.2, 0.25) is 0 Å². The maximum absolute atomic E-state index is 11.8. The second-order valence-electron chi connectivity index (χ2n) is 5.68. The second-order valence-corrected chi connectivity index (χ2v) is 5.68. The zero-order valence-corrected chi connectivity index (χ0v) is 13.2. The number of amides is 1. The van der Waals surface area contributed by atoms with Gasteiger partial charge in [0, 0.05) is 5.69 Å². The monoisotopic (exact) mass is 291 g/mol. The van der Waals surface area contributed by atoms with E-state index >= 15 is 0 Å². The average Bonchev–Trinajstić information content (AvgIpc) is 2.47. The quantitative estimate of drug-likeness (QED) is 0.589. The van der Waals surface area contributed by atoms with Gasteiger partial charge >= 0.3 is 0 Å². The minimum atomic E-state index is -0.524. The highest BCUT2D eigenvalue weighted by Gasteiger charge is 2.10. The molecule has 1 amide bonds. The molecule has 0 radical (unpaired) electrons. The third-order valence-corrected chi connectivity index (χ3v) is 3.62. The third kappa shape index (κ3) is 9.24. The number of hydrogen-bond acceptors (Lipinski definition) is 2. The van der Waals surface area contributed by atoms with Crippen LogP contribution in [0.3, 0.4) is 0 Å². The van der Waals surface area contributed by atoms with Crippen molar-refractivity contribution >= 4 is 11.6 Å². The molecule has 3 heteroatoms. The first-order valence-electron chi connectivity index (χ1n) is 8.25. The van der Waals surface area contributed by atoms with Crippen LogP contribution in [0.25, 0.3) is 0 Å². The lowest BCUT2D eigenvalue weighted by Gasteiger charge is -2.11. The van der Waals surface area contributed by atoms with E-state index in [-0.39, 0.29) is 12.3 Å². The van der Waals surface area contributed by atoms with E-state index in [4.69, 9.17) is 0 Å². The van der Waals surface area contributed by atoms with E-state index in [1.807, 2.05) is 30.3 Å². The molecule has 118 valence electrons. The first-order valence-corrected chi connectivity index (χ1v) is 8.25. The highest BCUT2D eigenvalue weighted by atomic mass is 16.3. The normalized spacial score (nSPS) is 12.1. The molecule has 1 aromatic carbocycles. The smallest absolute Gasteiger partial charge is 0.226 e. The number of aliphatic hydroxyl groups is 1. The number of rotatable bonds is 11. The lowest BCUT2D eigenvalue weighted by atomic mass is 10.0. The van der Waals surface area contributed by atoms with Gasteiger partial charge in [-0.1, -0.05) is 70.1 Å². The fourth-order valence-corrected chi connectivity index (χ4v) is 2.39. The molecule has 2 N–H and O–H groups in total. The topological polar surface area (TPSA) is 49.3 Å². The van der Waals surface area contributed by atoms with Crippen molar-refractivity contribution in [2.75, 3.05) is 5.32 Å². The average molecular weight is 291 g/mol. The van der Waals surface area contributed by atoms with Crippen LogP contribution in [0.15, 0.2) is 30.3 Å². The standard InChI is InChI=1S/C18H29NO2/c1-2-3-4-5-6-7-11-14-17(20)15-18(21)19-16-12-9-8-10-13-16/h8-10,12-13,17,20H,2-7,11,14-15H2,1H3,(H,19,21). The Morgan fingerprint density at radius 1 is 1.05 bits per heavy atom. The summed E-state index contributed by atoms with van der Waals surface area (Å²) in [5.41, 5.74) is 0.783. The van der Waals surface area contributed by atoms with E-state index in [0.29, 0.717) is 0 Å². The number of anilines is 1. The van der Waals surface area contributed by atoms with Crippen LogP contribution in [-0.2, 0) is 4.79 Å². The molecule has 0 aliphatic heterocycles. The summed E-state index contributed by atoms with van der Waals surface area (Å²) in [7, 11) is 0. The maximum atomic E-state index is 11.8. The van der Waals surface area contributed by atoms with Gasteiger partial charge in [-0.3, -0.25) is 4.79 Å². The van der Waals surface area contributed by atoms with Crippen molar-refractivity contribution in [2.45, 2.75) is 70.8 Å². The number of benzene rings is 1. The van der Waals surface area contributed by atoms with Crippen LogP contribution >= 0.6 is 0 Å². The van der Waals surface area contributed by atoms with Crippen molar-refractivity contribution in [1.29, 1.82) is 0 Å². The molecule has 0 aromatic heterocycles. The first-order chi connectivity index (χ1) is 10.2. The molecule has 1 rings (SSSR count). The van der Waals surface area contributed by atoms with Gasteiger partial charge in [0.25, 0.3) is 0 Å². The minimum Gasteiger partial charge on any atom is -0.393 e. The van der Waals surface area contributed by atoms with Gasteiger partial charge in [-0.15, -0.1) is 0 Å². The van der Waals surface area contributed by atoms with Crippen LogP contribution in [0.5, 0.6) is 0 Å². The number of aliphatic hydroxyl groups excluding tert-OH is 1. The Morgan fingerprint density at radius 2 is 1.67 bits per heavy atom. The Labute approximate surface area is 128 Å². The molecule has 1 unspecified atom stereocenters. The molecule has 1 aromatic rings. The maximum Gasteiger partial charge on any atom is 0.226 e. The molecular weight excluding hydrogens is 262 g/mol. The summed E-state index contributed by atoms with van der Waals surface area (Å²) in [5.74, 6) is -0.114. The molecule has 0 spiro atoms. The SMILES string of the molecule is CCCCCCCCCC(O)CC(=O)Nc1ccccc1. The van der Waals surface area contributed by atoms with Crippen LogP contribution in [0.4, 0.5) is 5.69 Å². The van der Waals surface area contributed by atoms with E-state index in [2.05, 4.69) is 12.2 Å². The Balaban J connectivity index is 2.05. The molecule has 21 heavy (non-hydrogen) atoms. The van der Waals surface area contributed by atoms with Gasteiger partial charge in [0.15, 0.2) is 0 Å². The van der Waals surface area contributed by atoms with Gasteiger partial charge in [-0.2, -0.15) is 0 Å². The van der Waals surface area contributed by atoms with E-state index < -0.39 is 6.10 Å². The summed E-state index contributed by atoms with van der Waals surface area (Å²) in [6.45, 7) is 2.22. The van der Waals surface area contributed by atoms with Crippen molar-refractivity contribution in [1.82, 2.24) is 0 Å². The summed E-state index contributed by atoms with van der Waals surface area (Å²) in [6.07, 6.45) is 8.98. The zero-order chi connectivity index (χ0) is 15.3. The molecule has 0 fully saturated rings. The lowest BCUT2D eigenvalue weighted by molar-refractivity contribution is -0.118. The van der Waals surface area contributed by atoms with Crippen LogP contribution in [-0.4, -0.2) is 17.1 Å². The molecule has 3 nitrogen and oxygen atoms in total. The van der Waals surface area contributed by atoms with E-state index in [1.54, 1.807) is 0 Å². The lowest BCUT2D eigenvalue weighted by Crippen LogP contribution is -2.19. The largest absolute Gasteiger partial charge is 0.393 e. The van der Waals surface area contributed by atoms with Crippen molar-refractivity contribution in [3.63, 3.8) is 0 Å². The minimum absolute atomic E-state index is 0.114. The van der Waals surface area contributed by atoms with Gasteiger partial charge < -0.3 is 10.4 Å². The Bertz CT molecular complexity index is 378. The van der Waals surface area contributed by atoms with E-state index in [0.717, 1.165) is 24.9 Å². The van der Waals surface area contributed by atoms with Crippen LogP contribution < -0.4 is 5.32 Å². The Morgan fingerprint density at radius 3 is 2.33 bits per heavy atom.